The van der Waals surface area contributed by atoms with Gasteiger partial charge in [-0.05, 0) is 50.1 Å². The molecule has 0 aliphatic carbocycles. The number of piperidine rings is 1. The third kappa shape index (κ3) is 5.49. The van der Waals surface area contributed by atoms with Crippen LogP contribution in [-0.2, 0) is 14.3 Å². The molecule has 1 atom stereocenters. The molecule has 2 rings (SSSR count). The quantitative estimate of drug-likeness (QED) is 0.615. The first-order chi connectivity index (χ1) is 11.6. The van der Waals surface area contributed by atoms with Crippen molar-refractivity contribution >= 4 is 17.8 Å². The van der Waals surface area contributed by atoms with Gasteiger partial charge >= 0.3 is 5.97 Å². The number of rotatable bonds is 7. The number of allylic oxidation sites excluding steroid dienone is 1. The fraction of sp³-hybridized carbons (Fsp3) is 0.474. The summed E-state index contributed by atoms with van der Waals surface area (Å²) in [6, 6.07) is 6.46. The minimum atomic E-state index is -0.215. The molecule has 1 aliphatic heterocycles. The van der Waals surface area contributed by atoms with E-state index in [0.29, 0.717) is 19.6 Å². The van der Waals surface area contributed by atoms with Gasteiger partial charge in [0.15, 0.2) is 5.78 Å². The van der Waals surface area contributed by atoms with Gasteiger partial charge in [0.05, 0.1) is 6.61 Å². The van der Waals surface area contributed by atoms with Crippen LogP contribution in [-0.4, -0.2) is 47.5 Å². The van der Waals surface area contributed by atoms with Crippen LogP contribution in [0.1, 0.15) is 38.2 Å². The fourth-order valence-corrected chi connectivity index (χ4v) is 2.88. The molecule has 0 radical (unpaired) electrons. The molecule has 0 bridgehead atoms. The molecule has 130 valence electrons. The molecule has 0 aromatic heterocycles. The van der Waals surface area contributed by atoms with E-state index >= 15 is 0 Å². The summed E-state index contributed by atoms with van der Waals surface area (Å²) in [7, 11) is 0. The molecule has 5 nitrogen and oxygen atoms in total. The summed E-state index contributed by atoms with van der Waals surface area (Å²) < 4.78 is 5.13. The lowest BCUT2D eigenvalue weighted by Crippen LogP contribution is -2.46. The Morgan fingerprint density at radius 2 is 2.04 bits per heavy atom. The molecule has 1 aliphatic rings. The van der Waals surface area contributed by atoms with E-state index in [1.807, 2.05) is 6.92 Å². The maximum atomic E-state index is 12.0. The highest BCUT2D eigenvalue weighted by molar-refractivity contribution is 5.93. The van der Waals surface area contributed by atoms with Crippen LogP contribution in [0.4, 0.5) is 0 Å². The van der Waals surface area contributed by atoms with Crippen LogP contribution < -0.4 is 0 Å². The van der Waals surface area contributed by atoms with E-state index in [0.717, 1.165) is 31.4 Å². The zero-order valence-electron chi connectivity index (χ0n) is 14.1. The summed E-state index contributed by atoms with van der Waals surface area (Å²) in [5, 5.41) is 9.24. The molecule has 1 saturated heterocycles. The normalized spacial score (nSPS) is 18.6. The summed E-state index contributed by atoms with van der Waals surface area (Å²) in [6.45, 7) is 3.60. The number of hydrogen-bond donors (Lipinski definition) is 1. The standard InChI is InChI=1S/C19H25NO4/c1-2-24-19(23)18-5-3-4-13-20(18)14-12-17(22)11-8-15-6-9-16(21)10-7-15/h6-11,18,21H,2-5,12-14H2,1H3. The lowest BCUT2D eigenvalue weighted by atomic mass is 10.0. The molecule has 1 unspecified atom stereocenters. The van der Waals surface area contributed by atoms with Crippen molar-refractivity contribution < 1.29 is 19.4 Å². The number of ketones is 1. The van der Waals surface area contributed by atoms with E-state index in [2.05, 4.69) is 4.90 Å². The Bertz CT molecular complexity index is 580. The van der Waals surface area contributed by atoms with Crippen molar-refractivity contribution in [1.82, 2.24) is 4.90 Å². The Morgan fingerprint density at radius 1 is 1.29 bits per heavy atom. The van der Waals surface area contributed by atoms with Crippen LogP contribution in [0.25, 0.3) is 6.08 Å². The summed E-state index contributed by atoms with van der Waals surface area (Å²) in [6.07, 6.45) is 6.54. The predicted octanol–water partition coefficient (Wildman–Crippen LogP) is 2.78. The number of likely N-dealkylation sites (tertiary alicyclic amines) is 1. The highest BCUT2D eigenvalue weighted by Gasteiger charge is 2.29. The Kier molecular flexibility index (Phi) is 7.00. The maximum Gasteiger partial charge on any atom is 0.323 e. The van der Waals surface area contributed by atoms with Crippen molar-refractivity contribution in [3.8, 4) is 5.75 Å². The second-order valence-electron chi connectivity index (χ2n) is 5.94. The molecule has 1 aromatic carbocycles. The molecule has 24 heavy (non-hydrogen) atoms. The minimum Gasteiger partial charge on any atom is -0.508 e. The van der Waals surface area contributed by atoms with E-state index in [1.54, 1.807) is 36.4 Å². The van der Waals surface area contributed by atoms with E-state index in [9.17, 15) is 14.7 Å². The van der Waals surface area contributed by atoms with Crippen molar-refractivity contribution in [1.29, 1.82) is 0 Å². The molecule has 1 fully saturated rings. The Morgan fingerprint density at radius 3 is 2.75 bits per heavy atom. The molecule has 0 spiro atoms. The molecule has 1 heterocycles. The summed E-state index contributed by atoms with van der Waals surface area (Å²) in [5.41, 5.74) is 0.864. The number of esters is 1. The molecule has 1 N–H and O–H groups in total. The second kappa shape index (κ2) is 9.23. The number of carbonyl (C=O) groups is 2. The second-order valence-corrected chi connectivity index (χ2v) is 5.94. The van der Waals surface area contributed by atoms with Crippen LogP contribution in [0, 0.1) is 0 Å². The van der Waals surface area contributed by atoms with Crippen molar-refractivity contribution in [2.24, 2.45) is 0 Å². The van der Waals surface area contributed by atoms with Gasteiger partial charge < -0.3 is 9.84 Å². The van der Waals surface area contributed by atoms with Crippen molar-refractivity contribution in [3.05, 3.63) is 35.9 Å². The number of hydrogen-bond acceptors (Lipinski definition) is 5. The molecule has 1 aromatic rings. The van der Waals surface area contributed by atoms with E-state index in [1.165, 1.54) is 0 Å². The third-order valence-corrected chi connectivity index (χ3v) is 4.17. The predicted molar refractivity (Wildman–Crippen MR) is 92.6 cm³/mol. The lowest BCUT2D eigenvalue weighted by molar-refractivity contribution is -0.151. The highest BCUT2D eigenvalue weighted by atomic mass is 16.5. The van der Waals surface area contributed by atoms with Gasteiger partial charge in [-0.1, -0.05) is 24.6 Å². The summed E-state index contributed by atoms with van der Waals surface area (Å²) in [5.74, 6) is 0.0501. The largest absolute Gasteiger partial charge is 0.508 e. The first-order valence-corrected chi connectivity index (χ1v) is 8.50. The highest BCUT2D eigenvalue weighted by Crippen LogP contribution is 2.18. The van der Waals surface area contributed by atoms with Crippen molar-refractivity contribution in [3.63, 3.8) is 0 Å². The molecular formula is C19H25NO4. The Hall–Kier alpha value is -2.14. The molecule has 5 heteroatoms. The summed E-state index contributed by atoms with van der Waals surface area (Å²) >= 11 is 0. The zero-order valence-corrected chi connectivity index (χ0v) is 14.1. The minimum absolute atomic E-state index is 0.0243. The first kappa shape index (κ1) is 18.2. The van der Waals surface area contributed by atoms with Gasteiger partial charge in [0.1, 0.15) is 11.8 Å². The van der Waals surface area contributed by atoms with Crippen LogP contribution in [0.5, 0.6) is 5.75 Å². The molecule has 0 saturated carbocycles. The zero-order chi connectivity index (χ0) is 17.4. The van der Waals surface area contributed by atoms with Crippen molar-refractivity contribution in [2.45, 2.75) is 38.6 Å². The van der Waals surface area contributed by atoms with Crippen LogP contribution in [0.3, 0.4) is 0 Å². The van der Waals surface area contributed by atoms with Gasteiger partial charge in [-0.2, -0.15) is 0 Å². The third-order valence-electron chi connectivity index (χ3n) is 4.17. The Balaban J connectivity index is 1.85. The number of phenols is 1. The number of aromatic hydroxyl groups is 1. The van der Waals surface area contributed by atoms with E-state index < -0.39 is 0 Å². The van der Waals surface area contributed by atoms with Gasteiger partial charge in [0, 0.05) is 13.0 Å². The van der Waals surface area contributed by atoms with Gasteiger partial charge in [-0.25, -0.2) is 0 Å². The number of ether oxygens (including phenoxy) is 1. The average Bonchev–Trinajstić information content (AvgIpc) is 2.60. The topological polar surface area (TPSA) is 66.8 Å². The first-order valence-electron chi connectivity index (χ1n) is 8.50. The van der Waals surface area contributed by atoms with Gasteiger partial charge in [0.2, 0.25) is 0 Å². The van der Waals surface area contributed by atoms with Gasteiger partial charge in [0.25, 0.3) is 0 Å². The smallest absolute Gasteiger partial charge is 0.323 e. The number of nitrogens with zero attached hydrogens (tertiary/aromatic N) is 1. The molecular weight excluding hydrogens is 306 g/mol. The maximum absolute atomic E-state index is 12.0. The average molecular weight is 331 g/mol. The number of carbonyl (C=O) groups excluding carboxylic acids is 2. The van der Waals surface area contributed by atoms with E-state index in [-0.39, 0.29) is 23.5 Å². The van der Waals surface area contributed by atoms with Crippen LogP contribution in [0.2, 0.25) is 0 Å². The Labute approximate surface area is 142 Å². The van der Waals surface area contributed by atoms with Gasteiger partial charge in [-0.3, -0.25) is 14.5 Å². The van der Waals surface area contributed by atoms with E-state index in [4.69, 9.17) is 4.74 Å². The van der Waals surface area contributed by atoms with Gasteiger partial charge in [-0.15, -0.1) is 0 Å². The monoisotopic (exact) mass is 331 g/mol. The van der Waals surface area contributed by atoms with Crippen molar-refractivity contribution in [2.75, 3.05) is 19.7 Å². The van der Waals surface area contributed by atoms with Crippen LogP contribution in [0.15, 0.2) is 30.3 Å². The number of benzene rings is 1. The SMILES string of the molecule is CCOC(=O)C1CCCCN1CCC(=O)C=Cc1ccc(O)cc1. The fourth-order valence-electron chi connectivity index (χ4n) is 2.88. The lowest BCUT2D eigenvalue weighted by Gasteiger charge is -2.33. The number of phenolic OH excluding ortho intramolecular Hbond substituents is 1. The molecule has 0 amide bonds. The summed E-state index contributed by atoms with van der Waals surface area (Å²) in [4.78, 5) is 26.1. The van der Waals surface area contributed by atoms with Crippen LogP contribution >= 0.6 is 0 Å².